The van der Waals surface area contributed by atoms with Crippen molar-refractivity contribution in [3.8, 4) is 17.6 Å². The normalized spacial score (nSPS) is 21.8. The summed E-state index contributed by atoms with van der Waals surface area (Å²) >= 11 is 0. The maximum Gasteiger partial charge on any atom is 0.129 e. The molecule has 2 aliphatic rings. The Kier molecular flexibility index (Phi) is 4.06. The van der Waals surface area contributed by atoms with E-state index < -0.39 is 10.8 Å². The van der Waals surface area contributed by atoms with Crippen molar-refractivity contribution in [3.63, 3.8) is 0 Å². The number of rotatable bonds is 3. The van der Waals surface area contributed by atoms with Gasteiger partial charge in [-0.05, 0) is 42.7 Å². The molecule has 6 nitrogen and oxygen atoms in total. The van der Waals surface area contributed by atoms with E-state index in [4.69, 9.17) is 10.00 Å². The second-order valence-corrected chi connectivity index (χ2v) is 8.00. The molecule has 1 unspecified atom stereocenters. The topological polar surface area (TPSA) is 88.8 Å². The Hall–Kier alpha value is -2.24. The van der Waals surface area contributed by atoms with Crippen molar-refractivity contribution < 1.29 is 13.8 Å². The average Bonchev–Trinajstić information content (AvgIpc) is 3.04. The van der Waals surface area contributed by atoms with Crippen LogP contribution in [0.15, 0.2) is 47.4 Å². The van der Waals surface area contributed by atoms with E-state index in [2.05, 4.69) is 15.7 Å². The summed E-state index contributed by atoms with van der Waals surface area (Å²) in [6.45, 7) is 0.904. The minimum absolute atomic E-state index is 0.0167. The molecule has 2 heterocycles. The van der Waals surface area contributed by atoms with Crippen LogP contribution in [0.5, 0.6) is 11.5 Å². The van der Waals surface area contributed by atoms with Gasteiger partial charge in [0.15, 0.2) is 0 Å². The van der Waals surface area contributed by atoms with Crippen LogP contribution in [0.25, 0.3) is 0 Å². The molecule has 1 fully saturated rings. The maximum absolute atomic E-state index is 10.5. The van der Waals surface area contributed by atoms with Crippen LogP contribution < -0.4 is 14.4 Å². The summed E-state index contributed by atoms with van der Waals surface area (Å²) in [5.74, 6) is 1.19. The quantitative estimate of drug-likeness (QED) is 0.766. The number of fused-ring (bicyclic) bond motifs is 3. The lowest BCUT2D eigenvalue weighted by atomic mass is 10.2. The fourth-order valence-corrected chi connectivity index (χ4v) is 4.87. The lowest BCUT2D eigenvalue weighted by Crippen LogP contribution is -2.46. The fraction of sp³-hybridized carbons (Fsp3) is 0.278. The second kappa shape index (κ2) is 6.24. The van der Waals surface area contributed by atoms with E-state index in [0.29, 0.717) is 22.8 Å². The maximum atomic E-state index is 10.5. The van der Waals surface area contributed by atoms with Crippen molar-refractivity contribution in [2.45, 2.75) is 30.3 Å². The molecule has 130 valence electrons. The molecule has 0 spiro atoms. The van der Waals surface area contributed by atoms with Crippen molar-refractivity contribution in [1.29, 1.82) is 5.26 Å². The van der Waals surface area contributed by atoms with Gasteiger partial charge in [0, 0.05) is 12.6 Å². The highest BCUT2D eigenvalue weighted by molar-refractivity contribution is 8.22. The SMILES string of the molecule is N#CCc1ccc(Oc2ccc3c(c2)S(O)(O)NC2CCCN32)cc1. The Bertz CT molecular complexity index is 832. The van der Waals surface area contributed by atoms with Crippen LogP contribution in [0, 0.1) is 11.3 Å². The molecule has 4 rings (SSSR count). The Labute approximate surface area is 148 Å². The third-order valence-corrected chi connectivity index (χ3v) is 6.08. The van der Waals surface area contributed by atoms with E-state index >= 15 is 0 Å². The van der Waals surface area contributed by atoms with Crippen molar-refractivity contribution in [2.75, 3.05) is 11.4 Å². The van der Waals surface area contributed by atoms with E-state index in [1.165, 1.54) is 0 Å². The number of hydrogen-bond acceptors (Lipinski definition) is 6. The van der Waals surface area contributed by atoms with Gasteiger partial charge in [0.25, 0.3) is 0 Å². The summed E-state index contributed by atoms with van der Waals surface area (Å²) in [5, 5.41) is 8.71. The first kappa shape index (κ1) is 16.2. The number of ether oxygens (including phenoxy) is 1. The first-order valence-corrected chi connectivity index (χ1v) is 9.71. The van der Waals surface area contributed by atoms with E-state index in [-0.39, 0.29) is 6.17 Å². The summed E-state index contributed by atoms with van der Waals surface area (Å²) in [7, 11) is -3.03. The van der Waals surface area contributed by atoms with Gasteiger partial charge in [0.1, 0.15) is 16.4 Å². The van der Waals surface area contributed by atoms with Gasteiger partial charge in [-0.1, -0.05) is 12.1 Å². The second-order valence-electron chi connectivity index (χ2n) is 6.23. The van der Waals surface area contributed by atoms with E-state index in [0.717, 1.165) is 30.6 Å². The zero-order valence-corrected chi connectivity index (χ0v) is 14.4. The summed E-state index contributed by atoms with van der Waals surface area (Å²) in [4.78, 5) is 2.65. The number of benzene rings is 2. The van der Waals surface area contributed by atoms with Gasteiger partial charge in [0.05, 0.1) is 24.3 Å². The smallest absolute Gasteiger partial charge is 0.129 e. The molecule has 3 N–H and O–H groups in total. The predicted molar refractivity (Wildman–Crippen MR) is 96.9 cm³/mol. The van der Waals surface area contributed by atoms with Crippen molar-refractivity contribution in [2.24, 2.45) is 0 Å². The molecule has 0 bridgehead atoms. The largest absolute Gasteiger partial charge is 0.457 e. The molecule has 2 aliphatic heterocycles. The number of hydrogen-bond donors (Lipinski definition) is 3. The van der Waals surface area contributed by atoms with Gasteiger partial charge in [-0.25, -0.2) is 0 Å². The number of anilines is 1. The molecule has 0 aromatic heterocycles. The van der Waals surface area contributed by atoms with Crippen molar-refractivity contribution >= 4 is 16.5 Å². The van der Waals surface area contributed by atoms with Gasteiger partial charge in [-0.2, -0.15) is 9.98 Å². The molecular weight excluding hydrogens is 338 g/mol. The van der Waals surface area contributed by atoms with Crippen LogP contribution in [-0.4, -0.2) is 21.8 Å². The Morgan fingerprint density at radius 1 is 1.20 bits per heavy atom. The van der Waals surface area contributed by atoms with Crippen LogP contribution in [0.2, 0.25) is 0 Å². The third kappa shape index (κ3) is 3.05. The van der Waals surface area contributed by atoms with Crippen molar-refractivity contribution in [1.82, 2.24) is 4.72 Å². The minimum Gasteiger partial charge on any atom is -0.457 e. The van der Waals surface area contributed by atoms with Crippen LogP contribution in [0.3, 0.4) is 0 Å². The fourth-order valence-electron chi connectivity index (χ4n) is 3.36. The highest BCUT2D eigenvalue weighted by Crippen LogP contribution is 2.55. The summed E-state index contributed by atoms with van der Waals surface area (Å²) in [5.41, 5.74) is 1.79. The summed E-state index contributed by atoms with van der Waals surface area (Å²) in [6.07, 6.45) is 2.28. The Morgan fingerprint density at radius 2 is 1.96 bits per heavy atom. The first-order valence-electron chi connectivity index (χ1n) is 8.17. The average molecular weight is 357 g/mol. The zero-order chi connectivity index (χ0) is 17.4. The molecule has 0 saturated carbocycles. The van der Waals surface area contributed by atoms with Gasteiger partial charge in [0.2, 0.25) is 0 Å². The van der Waals surface area contributed by atoms with Crippen LogP contribution in [-0.2, 0) is 6.42 Å². The number of nitrogens with zero attached hydrogens (tertiary/aromatic N) is 2. The Morgan fingerprint density at radius 3 is 2.72 bits per heavy atom. The number of nitrogens with one attached hydrogen (secondary N) is 1. The highest BCUT2D eigenvalue weighted by atomic mass is 32.3. The van der Waals surface area contributed by atoms with Crippen molar-refractivity contribution in [3.05, 3.63) is 48.0 Å². The minimum atomic E-state index is -3.03. The monoisotopic (exact) mass is 357 g/mol. The summed E-state index contributed by atoms with van der Waals surface area (Å²) in [6, 6.07) is 14.8. The zero-order valence-electron chi connectivity index (χ0n) is 13.6. The van der Waals surface area contributed by atoms with Crippen LogP contribution in [0.1, 0.15) is 18.4 Å². The van der Waals surface area contributed by atoms with Gasteiger partial charge < -0.3 is 9.64 Å². The van der Waals surface area contributed by atoms with Gasteiger partial charge >= 0.3 is 0 Å². The van der Waals surface area contributed by atoms with Crippen LogP contribution in [0.4, 0.5) is 5.69 Å². The third-order valence-electron chi connectivity index (χ3n) is 4.54. The van der Waals surface area contributed by atoms with Crippen LogP contribution >= 0.6 is 10.8 Å². The molecule has 0 radical (unpaired) electrons. The van der Waals surface area contributed by atoms with Gasteiger partial charge in [-0.15, -0.1) is 10.8 Å². The number of nitriles is 1. The molecule has 0 aliphatic carbocycles. The molecule has 2 aromatic carbocycles. The molecule has 7 heteroatoms. The predicted octanol–water partition coefficient (Wildman–Crippen LogP) is 4.10. The first-order chi connectivity index (χ1) is 12.1. The molecular formula is C18H19N3O3S. The van der Waals surface area contributed by atoms with E-state index in [9.17, 15) is 9.11 Å². The molecule has 0 amide bonds. The van der Waals surface area contributed by atoms with E-state index in [1.54, 1.807) is 18.2 Å². The lowest BCUT2D eigenvalue weighted by molar-refractivity contribution is 0.440. The van der Waals surface area contributed by atoms with E-state index in [1.807, 2.05) is 24.3 Å². The molecule has 1 atom stereocenters. The van der Waals surface area contributed by atoms with Gasteiger partial charge in [-0.3, -0.25) is 9.11 Å². The molecule has 1 saturated heterocycles. The standard InChI is InChI=1S/C18H19N3O3S/c19-10-9-13-3-5-14(6-4-13)24-15-7-8-16-17(12-15)25(22,23)20-18-2-1-11-21(16)18/h3-8,12,18,20,22-23H,1-2,9,11H2. The Balaban J connectivity index is 1.61. The summed E-state index contributed by atoms with van der Waals surface area (Å²) < 4.78 is 29.8. The highest BCUT2D eigenvalue weighted by Gasteiger charge is 2.38. The molecule has 25 heavy (non-hydrogen) atoms. The lowest BCUT2D eigenvalue weighted by Gasteiger charge is -2.46. The molecule has 2 aromatic rings.